The Balaban J connectivity index is 2.08. The van der Waals surface area contributed by atoms with Crippen molar-refractivity contribution in [3.63, 3.8) is 0 Å². The van der Waals surface area contributed by atoms with Crippen LogP contribution in [0.2, 0.25) is 0 Å². The highest BCUT2D eigenvalue weighted by molar-refractivity contribution is 9.10. The first-order valence-corrected chi connectivity index (χ1v) is 8.01. The zero-order chi connectivity index (χ0) is 15.4. The summed E-state index contributed by atoms with van der Waals surface area (Å²) in [5, 5.41) is 4.20. The second-order valence-corrected chi connectivity index (χ2v) is 6.38. The molecule has 2 rings (SSSR count). The first kappa shape index (κ1) is 16.0. The Labute approximate surface area is 135 Å². The summed E-state index contributed by atoms with van der Waals surface area (Å²) in [6, 6.07) is 6.70. The lowest BCUT2D eigenvalue weighted by Crippen LogP contribution is -2.21. The Kier molecular flexibility index (Phi) is 5.42. The largest absolute Gasteiger partial charge is 0.370 e. The van der Waals surface area contributed by atoms with Crippen molar-refractivity contribution in [2.75, 3.05) is 11.9 Å². The molecule has 0 amide bonds. The summed E-state index contributed by atoms with van der Waals surface area (Å²) in [4.78, 5) is 2.21. The standard InChI is InChI=1S/C16H23BrN4/c1-4-14(18)7-13-5-6-15(8-16(13)17)20(2)10-12-9-19-21(3)11-12/h5-6,8-9,11,14H,4,7,10,18H2,1-3H3. The van der Waals surface area contributed by atoms with Crippen LogP contribution in [0.5, 0.6) is 0 Å². The molecule has 21 heavy (non-hydrogen) atoms. The van der Waals surface area contributed by atoms with Gasteiger partial charge < -0.3 is 10.6 Å². The van der Waals surface area contributed by atoms with Gasteiger partial charge in [-0.05, 0) is 30.5 Å². The summed E-state index contributed by atoms with van der Waals surface area (Å²) < 4.78 is 2.95. The van der Waals surface area contributed by atoms with Gasteiger partial charge in [0.05, 0.1) is 6.20 Å². The Morgan fingerprint density at radius 2 is 2.19 bits per heavy atom. The second kappa shape index (κ2) is 7.09. The molecule has 114 valence electrons. The van der Waals surface area contributed by atoms with E-state index in [0.717, 1.165) is 23.9 Å². The molecule has 0 spiro atoms. The Morgan fingerprint density at radius 3 is 2.76 bits per heavy atom. The van der Waals surface area contributed by atoms with Gasteiger partial charge in [-0.15, -0.1) is 0 Å². The fourth-order valence-electron chi connectivity index (χ4n) is 2.28. The van der Waals surface area contributed by atoms with Crippen molar-refractivity contribution >= 4 is 21.6 Å². The van der Waals surface area contributed by atoms with E-state index in [2.05, 4.69) is 58.1 Å². The van der Waals surface area contributed by atoms with Crippen molar-refractivity contribution in [3.05, 3.63) is 46.2 Å². The molecule has 4 nitrogen and oxygen atoms in total. The molecule has 1 aromatic carbocycles. The first-order chi connectivity index (χ1) is 9.99. The molecule has 1 aromatic heterocycles. The van der Waals surface area contributed by atoms with Crippen LogP contribution >= 0.6 is 15.9 Å². The summed E-state index contributed by atoms with van der Waals surface area (Å²) in [5.41, 5.74) is 9.68. The maximum Gasteiger partial charge on any atom is 0.0539 e. The van der Waals surface area contributed by atoms with E-state index in [0.29, 0.717) is 0 Å². The molecule has 0 aliphatic carbocycles. The van der Waals surface area contributed by atoms with Crippen LogP contribution < -0.4 is 10.6 Å². The minimum Gasteiger partial charge on any atom is -0.370 e. The molecule has 0 aliphatic heterocycles. The lowest BCUT2D eigenvalue weighted by Gasteiger charge is -2.20. The van der Waals surface area contributed by atoms with Crippen molar-refractivity contribution in [1.29, 1.82) is 0 Å². The highest BCUT2D eigenvalue weighted by Crippen LogP contribution is 2.25. The first-order valence-electron chi connectivity index (χ1n) is 7.22. The number of aromatic nitrogens is 2. The van der Waals surface area contributed by atoms with Crippen LogP contribution in [0.3, 0.4) is 0 Å². The number of halogens is 1. The van der Waals surface area contributed by atoms with Crippen molar-refractivity contribution < 1.29 is 0 Å². The molecule has 1 heterocycles. The van der Waals surface area contributed by atoms with Crippen molar-refractivity contribution in [2.45, 2.75) is 32.4 Å². The minimum absolute atomic E-state index is 0.222. The van der Waals surface area contributed by atoms with E-state index in [1.807, 2.05) is 24.1 Å². The summed E-state index contributed by atoms with van der Waals surface area (Å²) in [5.74, 6) is 0. The minimum atomic E-state index is 0.222. The van der Waals surface area contributed by atoms with Crippen molar-refractivity contribution in [3.8, 4) is 0 Å². The molecule has 1 unspecified atom stereocenters. The fraction of sp³-hybridized carbons (Fsp3) is 0.438. The number of anilines is 1. The van der Waals surface area contributed by atoms with E-state index in [1.54, 1.807) is 0 Å². The van der Waals surface area contributed by atoms with Crippen LogP contribution in [0.25, 0.3) is 0 Å². The van der Waals surface area contributed by atoms with Gasteiger partial charge in [0.1, 0.15) is 0 Å². The molecule has 0 saturated carbocycles. The molecule has 0 saturated heterocycles. The summed E-state index contributed by atoms with van der Waals surface area (Å²) in [6.45, 7) is 2.96. The predicted molar refractivity (Wildman–Crippen MR) is 91.4 cm³/mol. The third kappa shape index (κ3) is 4.32. The van der Waals surface area contributed by atoms with E-state index in [1.165, 1.54) is 16.8 Å². The second-order valence-electron chi connectivity index (χ2n) is 5.53. The number of hydrogen-bond donors (Lipinski definition) is 1. The molecule has 1 atom stereocenters. The van der Waals surface area contributed by atoms with Crippen LogP contribution in [0.1, 0.15) is 24.5 Å². The highest BCUT2D eigenvalue weighted by atomic mass is 79.9. The SMILES string of the molecule is CCC(N)Cc1ccc(N(C)Cc2cnn(C)c2)cc1Br. The predicted octanol–water partition coefficient (Wildman–Crippen LogP) is 3.10. The maximum absolute atomic E-state index is 6.04. The van der Waals surface area contributed by atoms with Crippen LogP contribution in [-0.4, -0.2) is 22.9 Å². The zero-order valence-corrected chi connectivity index (χ0v) is 14.5. The van der Waals surface area contributed by atoms with Gasteiger partial charge in [-0.3, -0.25) is 4.68 Å². The fourth-order valence-corrected chi connectivity index (χ4v) is 2.81. The smallest absolute Gasteiger partial charge is 0.0539 e. The van der Waals surface area contributed by atoms with Crippen molar-refractivity contribution in [2.24, 2.45) is 12.8 Å². The number of aryl methyl sites for hydroxylation is 1. The molecule has 5 heteroatoms. The molecule has 0 fully saturated rings. The average Bonchev–Trinajstić information content (AvgIpc) is 2.86. The van der Waals surface area contributed by atoms with E-state index in [4.69, 9.17) is 5.73 Å². The van der Waals surface area contributed by atoms with Gasteiger partial charge in [0.2, 0.25) is 0 Å². The van der Waals surface area contributed by atoms with E-state index in [9.17, 15) is 0 Å². The number of nitrogens with two attached hydrogens (primary N) is 1. The zero-order valence-electron chi connectivity index (χ0n) is 12.9. The maximum atomic E-state index is 6.04. The van der Waals surface area contributed by atoms with Crippen molar-refractivity contribution in [1.82, 2.24) is 9.78 Å². The van der Waals surface area contributed by atoms with Crippen LogP contribution in [0.15, 0.2) is 35.1 Å². The lowest BCUT2D eigenvalue weighted by atomic mass is 10.0. The van der Waals surface area contributed by atoms with Crippen LogP contribution in [0.4, 0.5) is 5.69 Å². The highest BCUT2D eigenvalue weighted by Gasteiger charge is 2.09. The Bertz CT molecular complexity index is 594. The van der Waals surface area contributed by atoms with Crippen LogP contribution in [-0.2, 0) is 20.0 Å². The molecular weight excluding hydrogens is 328 g/mol. The normalized spacial score (nSPS) is 12.4. The van der Waals surface area contributed by atoms with Crippen LogP contribution in [0, 0.1) is 0 Å². The molecule has 0 bridgehead atoms. The molecule has 0 aliphatic rings. The Hall–Kier alpha value is -1.33. The van der Waals surface area contributed by atoms with Gasteiger partial charge in [-0.1, -0.05) is 28.9 Å². The van der Waals surface area contributed by atoms with Gasteiger partial charge in [0.15, 0.2) is 0 Å². The van der Waals surface area contributed by atoms with E-state index >= 15 is 0 Å². The Morgan fingerprint density at radius 1 is 1.43 bits per heavy atom. The van der Waals surface area contributed by atoms with Gasteiger partial charge >= 0.3 is 0 Å². The summed E-state index contributed by atoms with van der Waals surface area (Å²) in [7, 11) is 4.03. The quantitative estimate of drug-likeness (QED) is 0.870. The monoisotopic (exact) mass is 350 g/mol. The number of nitrogens with zero attached hydrogens (tertiary/aromatic N) is 3. The summed E-state index contributed by atoms with van der Waals surface area (Å²) in [6.07, 6.45) is 5.85. The number of benzene rings is 1. The number of rotatable bonds is 6. The van der Waals surface area contributed by atoms with E-state index in [-0.39, 0.29) is 6.04 Å². The lowest BCUT2D eigenvalue weighted by molar-refractivity contribution is 0.645. The summed E-state index contributed by atoms with van der Waals surface area (Å²) >= 11 is 3.66. The molecular formula is C16H23BrN4. The third-order valence-corrected chi connectivity index (χ3v) is 4.40. The number of hydrogen-bond acceptors (Lipinski definition) is 3. The third-order valence-electron chi connectivity index (χ3n) is 3.66. The molecule has 2 N–H and O–H groups in total. The molecule has 0 radical (unpaired) electrons. The average molecular weight is 351 g/mol. The van der Waals surface area contributed by atoms with Gasteiger partial charge in [-0.2, -0.15) is 5.10 Å². The van der Waals surface area contributed by atoms with Gasteiger partial charge in [0.25, 0.3) is 0 Å². The topological polar surface area (TPSA) is 47.1 Å². The van der Waals surface area contributed by atoms with Gasteiger partial charge in [0, 0.05) is 48.6 Å². The molecule has 2 aromatic rings. The van der Waals surface area contributed by atoms with E-state index < -0.39 is 0 Å². The van der Waals surface area contributed by atoms with Gasteiger partial charge in [-0.25, -0.2) is 0 Å².